The first-order valence-electron chi connectivity index (χ1n) is 16.4. The Morgan fingerprint density at radius 3 is 1.59 bits per heavy atom. The molecule has 2 aromatic heterocycles. The molecule has 8 aromatic carbocycles. The lowest BCUT2D eigenvalue weighted by Crippen LogP contribution is -2.00. The average molecular weight is 626 g/mol. The van der Waals surface area contributed by atoms with E-state index in [1.54, 1.807) is 0 Å². The van der Waals surface area contributed by atoms with Crippen molar-refractivity contribution in [3.05, 3.63) is 164 Å². The predicted molar refractivity (Wildman–Crippen MR) is 201 cm³/mol. The van der Waals surface area contributed by atoms with Crippen LogP contribution < -0.4 is 0 Å². The van der Waals surface area contributed by atoms with Crippen molar-refractivity contribution in [3.8, 4) is 45.3 Å². The fourth-order valence-corrected chi connectivity index (χ4v) is 7.07. The first-order valence-corrected chi connectivity index (χ1v) is 16.4. The van der Waals surface area contributed by atoms with Crippen molar-refractivity contribution in [1.29, 1.82) is 0 Å². The van der Waals surface area contributed by atoms with Crippen molar-refractivity contribution in [2.75, 3.05) is 0 Å². The molecule has 10 rings (SSSR count). The zero-order valence-corrected chi connectivity index (χ0v) is 26.3. The van der Waals surface area contributed by atoms with Gasteiger partial charge in [0, 0.05) is 27.5 Å². The van der Waals surface area contributed by atoms with E-state index in [4.69, 9.17) is 19.4 Å². The molecular formula is C45H27N3O. The van der Waals surface area contributed by atoms with Gasteiger partial charge in [0.1, 0.15) is 11.2 Å². The number of benzene rings is 8. The number of hydrogen-bond donors (Lipinski definition) is 0. The topological polar surface area (TPSA) is 51.8 Å². The van der Waals surface area contributed by atoms with Crippen molar-refractivity contribution >= 4 is 54.3 Å². The van der Waals surface area contributed by atoms with Crippen LogP contribution in [0.4, 0.5) is 0 Å². The third kappa shape index (κ3) is 4.65. The molecule has 0 spiro atoms. The molecule has 0 aliphatic carbocycles. The van der Waals surface area contributed by atoms with Crippen LogP contribution in [-0.2, 0) is 0 Å². The van der Waals surface area contributed by atoms with Gasteiger partial charge in [-0.1, -0.05) is 133 Å². The lowest BCUT2D eigenvalue weighted by Gasteiger charge is -2.11. The predicted octanol–water partition coefficient (Wildman–Crippen LogP) is 11.9. The van der Waals surface area contributed by atoms with Gasteiger partial charge in [-0.25, -0.2) is 15.0 Å². The Morgan fingerprint density at radius 2 is 0.878 bits per heavy atom. The van der Waals surface area contributed by atoms with Crippen LogP contribution in [0.25, 0.3) is 99.5 Å². The molecule has 0 saturated heterocycles. The molecule has 0 radical (unpaired) electrons. The molecule has 228 valence electrons. The molecule has 0 bridgehead atoms. The summed E-state index contributed by atoms with van der Waals surface area (Å²) in [5.41, 5.74) is 6.71. The van der Waals surface area contributed by atoms with Gasteiger partial charge in [-0.2, -0.15) is 0 Å². The van der Waals surface area contributed by atoms with Crippen LogP contribution in [0, 0.1) is 0 Å². The standard InChI is InChI=1S/C45H27N3O/c1-3-12-31-25-34(21-19-28(31)9-1)43-46-44(35-22-20-29-10-2-4-13-32(29)26-35)48-45(47-43)38-17-8-18-41-42(38)39-27-33(23-24-40(39)49-41)37-16-7-14-30-11-5-6-15-36(30)37/h1-27H. The fraction of sp³-hybridized carbons (Fsp3) is 0. The molecule has 0 fully saturated rings. The highest BCUT2D eigenvalue weighted by Gasteiger charge is 2.19. The van der Waals surface area contributed by atoms with Crippen LogP contribution in [0.2, 0.25) is 0 Å². The van der Waals surface area contributed by atoms with Crippen molar-refractivity contribution in [2.24, 2.45) is 0 Å². The minimum absolute atomic E-state index is 0.602. The van der Waals surface area contributed by atoms with Gasteiger partial charge < -0.3 is 4.42 Å². The summed E-state index contributed by atoms with van der Waals surface area (Å²) in [5.74, 6) is 1.85. The summed E-state index contributed by atoms with van der Waals surface area (Å²) in [6.45, 7) is 0. The van der Waals surface area contributed by atoms with E-state index in [1.165, 1.54) is 27.1 Å². The minimum atomic E-state index is 0.602. The van der Waals surface area contributed by atoms with Gasteiger partial charge in [0.25, 0.3) is 0 Å². The Morgan fingerprint density at radius 1 is 0.327 bits per heavy atom. The highest BCUT2D eigenvalue weighted by Crippen LogP contribution is 2.39. The lowest BCUT2D eigenvalue weighted by molar-refractivity contribution is 0.669. The molecule has 0 aliphatic heterocycles. The molecule has 0 atom stereocenters. The van der Waals surface area contributed by atoms with Crippen LogP contribution in [0.1, 0.15) is 0 Å². The van der Waals surface area contributed by atoms with E-state index in [1.807, 2.05) is 12.1 Å². The maximum absolute atomic E-state index is 6.45. The van der Waals surface area contributed by atoms with Crippen molar-refractivity contribution < 1.29 is 4.42 Å². The number of fused-ring (bicyclic) bond motifs is 6. The Kier molecular flexibility index (Phi) is 6.15. The molecule has 0 N–H and O–H groups in total. The first-order chi connectivity index (χ1) is 24.2. The second-order valence-corrected chi connectivity index (χ2v) is 12.4. The number of hydrogen-bond acceptors (Lipinski definition) is 4. The number of nitrogens with zero attached hydrogens (tertiary/aromatic N) is 3. The van der Waals surface area contributed by atoms with E-state index in [-0.39, 0.29) is 0 Å². The fourth-order valence-electron chi connectivity index (χ4n) is 7.07. The van der Waals surface area contributed by atoms with Gasteiger partial charge in [-0.3, -0.25) is 0 Å². The van der Waals surface area contributed by atoms with E-state index in [9.17, 15) is 0 Å². The van der Waals surface area contributed by atoms with Gasteiger partial charge in [0.15, 0.2) is 17.5 Å². The molecule has 49 heavy (non-hydrogen) atoms. The molecule has 4 nitrogen and oxygen atoms in total. The van der Waals surface area contributed by atoms with Gasteiger partial charge >= 0.3 is 0 Å². The second kappa shape index (κ2) is 11.0. The molecule has 0 amide bonds. The zero-order chi connectivity index (χ0) is 32.3. The van der Waals surface area contributed by atoms with Crippen molar-refractivity contribution in [3.63, 3.8) is 0 Å². The van der Waals surface area contributed by atoms with Crippen LogP contribution >= 0.6 is 0 Å². The summed E-state index contributed by atoms with van der Waals surface area (Å²) >= 11 is 0. The maximum atomic E-state index is 6.45. The Labute approximate surface area is 282 Å². The summed E-state index contributed by atoms with van der Waals surface area (Å²) in [6.07, 6.45) is 0. The van der Waals surface area contributed by atoms with Crippen LogP contribution in [0.3, 0.4) is 0 Å². The van der Waals surface area contributed by atoms with E-state index in [0.717, 1.165) is 55.0 Å². The van der Waals surface area contributed by atoms with Gasteiger partial charge in [0.2, 0.25) is 0 Å². The normalized spacial score (nSPS) is 11.7. The van der Waals surface area contributed by atoms with E-state index < -0.39 is 0 Å². The summed E-state index contributed by atoms with van der Waals surface area (Å²) < 4.78 is 6.45. The number of aromatic nitrogens is 3. The van der Waals surface area contributed by atoms with Gasteiger partial charge in [-0.05, 0) is 73.8 Å². The van der Waals surface area contributed by atoms with Crippen LogP contribution in [-0.4, -0.2) is 15.0 Å². The molecule has 0 aliphatic rings. The molecular weight excluding hydrogens is 599 g/mol. The highest BCUT2D eigenvalue weighted by molar-refractivity contribution is 6.13. The third-order valence-electron chi connectivity index (χ3n) is 9.49. The Hall–Kier alpha value is -6.65. The van der Waals surface area contributed by atoms with Gasteiger partial charge in [0.05, 0.1) is 0 Å². The van der Waals surface area contributed by atoms with E-state index in [0.29, 0.717) is 17.5 Å². The SMILES string of the molecule is c1ccc2cc(-c3nc(-c4ccc5ccccc5c4)nc(-c4cccc5oc6ccc(-c7cccc8ccccc78)cc6c45)n3)ccc2c1. The van der Waals surface area contributed by atoms with E-state index in [2.05, 4.69) is 152 Å². The smallest absolute Gasteiger partial charge is 0.164 e. The average Bonchev–Trinajstić information content (AvgIpc) is 3.55. The summed E-state index contributed by atoms with van der Waals surface area (Å²) in [6, 6.07) is 57.0. The number of furan rings is 1. The second-order valence-electron chi connectivity index (χ2n) is 12.4. The summed E-state index contributed by atoms with van der Waals surface area (Å²) in [5, 5.41) is 9.06. The first kappa shape index (κ1) is 27.5. The van der Waals surface area contributed by atoms with Crippen molar-refractivity contribution in [1.82, 2.24) is 15.0 Å². The highest BCUT2D eigenvalue weighted by atomic mass is 16.3. The number of rotatable bonds is 4. The van der Waals surface area contributed by atoms with Crippen LogP contribution in [0.5, 0.6) is 0 Å². The minimum Gasteiger partial charge on any atom is -0.456 e. The molecule has 4 heteroatoms. The molecule has 2 heterocycles. The quantitative estimate of drug-likeness (QED) is 0.195. The molecule has 0 saturated carbocycles. The summed E-state index contributed by atoms with van der Waals surface area (Å²) in [7, 11) is 0. The lowest BCUT2D eigenvalue weighted by atomic mass is 9.96. The third-order valence-corrected chi connectivity index (χ3v) is 9.49. The van der Waals surface area contributed by atoms with Gasteiger partial charge in [-0.15, -0.1) is 0 Å². The largest absolute Gasteiger partial charge is 0.456 e. The molecule has 0 unspecified atom stereocenters. The van der Waals surface area contributed by atoms with Crippen molar-refractivity contribution in [2.45, 2.75) is 0 Å². The summed E-state index contributed by atoms with van der Waals surface area (Å²) in [4.78, 5) is 15.4. The molecule has 10 aromatic rings. The zero-order valence-electron chi connectivity index (χ0n) is 26.3. The monoisotopic (exact) mass is 625 g/mol. The Balaban J connectivity index is 1.21. The van der Waals surface area contributed by atoms with E-state index >= 15 is 0 Å². The Bertz CT molecular complexity index is 2800. The van der Waals surface area contributed by atoms with Crippen LogP contribution in [0.15, 0.2) is 168 Å². The maximum Gasteiger partial charge on any atom is 0.164 e.